The minimum absolute atomic E-state index is 0. The van der Waals surface area contributed by atoms with E-state index in [1.807, 2.05) is 0 Å². The van der Waals surface area contributed by atoms with Crippen LogP contribution in [-0.2, 0) is 19.2 Å². The fourth-order valence-electron chi connectivity index (χ4n) is 2.31. The van der Waals surface area contributed by atoms with Gasteiger partial charge in [0.25, 0.3) is 5.24 Å². The average molecular weight is 553 g/mol. The highest BCUT2D eigenvalue weighted by molar-refractivity contribution is 8.15. The highest BCUT2D eigenvalue weighted by Crippen LogP contribution is 2.23. The van der Waals surface area contributed by atoms with Crippen molar-refractivity contribution in [3.8, 4) is 0 Å². The molecule has 0 spiro atoms. The fraction of sp³-hybridized carbons (Fsp3) is 0.333. The number of thioether (sulfide) groups is 1. The lowest BCUT2D eigenvalue weighted by atomic mass is 10.2. The van der Waals surface area contributed by atoms with Crippen molar-refractivity contribution in [3.63, 3.8) is 0 Å². The van der Waals surface area contributed by atoms with Crippen LogP contribution in [0.3, 0.4) is 0 Å². The van der Waals surface area contributed by atoms with Gasteiger partial charge in [-0.1, -0.05) is 24.0 Å². The van der Waals surface area contributed by atoms with E-state index in [0.717, 1.165) is 11.9 Å². The van der Waals surface area contributed by atoms with E-state index >= 15 is 0 Å². The average Bonchev–Trinajstić information content (AvgIpc) is 2.71. The molecular formula is C18H24N4O8S4. The molecule has 0 heterocycles. The van der Waals surface area contributed by atoms with Crippen LogP contribution in [0, 0.1) is 0 Å². The monoisotopic (exact) mass is 552 g/mol. The van der Waals surface area contributed by atoms with Gasteiger partial charge >= 0.3 is 11.9 Å². The Bertz CT molecular complexity index is 916. The van der Waals surface area contributed by atoms with Crippen LogP contribution in [0.15, 0.2) is 29.2 Å². The molecule has 2 unspecified atom stereocenters. The van der Waals surface area contributed by atoms with Crippen LogP contribution in [0.4, 0.5) is 10.5 Å². The zero-order chi connectivity index (χ0) is 25.1. The standard InChI is InChI=1S/C18H22N4O7S4.H2O/c1-9(23)19-13(15(25)26)7-22(18(30)31)11-3-5-12(6-4-11)33-21-17(29)32-8-14(16(27)28)20-10(2)24;/h3-6,13-14H,7-8H2,1-2H3,(H,19,23)(H,20,24)(H,21,29)(H,25,26)(H,27,28)(H,30,31);1H2. The molecule has 16 heteroatoms. The predicted molar refractivity (Wildman–Crippen MR) is 136 cm³/mol. The Hall–Kier alpha value is -2.53. The van der Waals surface area contributed by atoms with Gasteiger partial charge in [-0.05, 0) is 36.2 Å². The maximum absolute atomic E-state index is 12.0. The van der Waals surface area contributed by atoms with Crippen LogP contribution in [0.1, 0.15) is 13.8 Å². The summed E-state index contributed by atoms with van der Waals surface area (Å²) in [6.45, 7) is 2.25. The first-order valence-electron chi connectivity index (χ1n) is 9.10. The molecule has 3 amide bonds. The van der Waals surface area contributed by atoms with E-state index in [0.29, 0.717) is 22.3 Å². The van der Waals surface area contributed by atoms with Gasteiger partial charge in [0.05, 0.1) is 6.54 Å². The largest absolute Gasteiger partial charge is 0.480 e. The van der Waals surface area contributed by atoms with E-state index in [2.05, 4.69) is 28.0 Å². The number of thiocarbonyl (C=S) groups is 1. The number of benzene rings is 1. The zero-order valence-corrected chi connectivity index (χ0v) is 21.3. The summed E-state index contributed by atoms with van der Waals surface area (Å²) in [5, 5.41) is 22.4. The smallest absolute Gasteiger partial charge is 0.328 e. The van der Waals surface area contributed by atoms with E-state index < -0.39 is 41.1 Å². The summed E-state index contributed by atoms with van der Waals surface area (Å²) < 4.78 is 2.64. The summed E-state index contributed by atoms with van der Waals surface area (Å²) in [5.41, 5.74) is 0.524. The number of carboxylic acid groups (broad SMARTS) is 2. The number of carbonyl (C=O) groups excluding carboxylic acids is 3. The molecule has 0 aliphatic heterocycles. The third-order valence-corrected chi connectivity index (χ3v) is 5.98. The first-order chi connectivity index (χ1) is 15.4. The Labute approximate surface area is 214 Å². The van der Waals surface area contributed by atoms with Crippen molar-refractivity contribution in [2.45, 2.75) is 30.8 Å². The number of carbonyl (C=O) groups is 5. The molecule has 0 saturated heterocycles. The van der Waals surface area contributed by atoms with Crippen molar-refractivity contribution in [2.24, 2.45) is 0 Å². The summed E-state index contributed by atoms with van der Waals surface area (Å²) in [6.07, 6.45) is 0. The maximum Gasteiger partial charge on any atom is 0.328 e. The molecule has 1 aromatic rings. The zero-order valence-electron chi connectivity index (χ0n) is 17.9. The van der Waals surface area contributed by atoms with E-state index in [-0.39, 0.29) is 22.1 Å². The van der Waals surface area contributed by atoms with Gasteiger partial charge in [-0.3, -0.25) is 19.1 Å². The van der Waals surface area contributed by atoms with E-state index in [1.165, 1.54) is 18.7 Å². The van der Waals surface area contributed by atoms with Crippen LogP contribution in [0.5, 0.6) is 0 Å². The van der Waals surface area contributed by atoms with Gasteiger partial charge < -0.3 is 31.2 Å². The number of thiol groups is 1. The van der Waals surface area contributed by atoms with Crippen molar-refractivity contribution >= 4 is 87.6 Å². The Morgan fingerprint density at radius 1 is 1.00 bits per heavy atom. The van der Waals surface area contributed by atoms with Crippen molar-refractivity contribution < 1.29 is 39.7 Å². The summed E-state index contributed by atoms with van der Waals surface area (Å²) in [4.78, 5) is 58.8. The van der Waals surface area contributed by atoms with Crippen molar-refractivity contribution in [2.75, 3.05) is 17.2 Å². The lowest BCUT2D eigenvalue weighted by Crippen LogP contribution is -2.48. The van der Waals surface area contributed by atoms with Crippen LogP contribution in [0.25, 0.3) is 0 Å². The second kappa shape index (κ2) is 15.4. The number of hydrogen-bond donors (Lipinski definition) is 6. The number of anilines is 1. The van der Waals surface area contributed by atoms with Crippen molar-refractivity contribution in [1.29, 1.82) is 0 Å². The van der Waals surface area contributed by atoms with Crippen LogP contribution in [0.2, 0.25) is 0 Å². The first kappa shape index (κ1) is 31.5. The summed E-state index contributed by atoms with van der Waals surface area (Å²) in [6, 6.07) is 4.17. The second-order valence-corrected chi connectivity index (χ2v) is 9.36. The number of nitrogens with zero attached hydrogens (tertiary/aromatic N) is 1. The first-order valence-corrected chi connectivity index (χ1v) is 11.8. The van der Waals surface area contributed by atoms with E-state index in [1.54, 1.807) is 24.3 Å². The third kappa shape index (κ3) is 11.6. The Morgan fingerprint density at radius 3 is 1.94 bits per heavy atom. The normalized spacial score (nSPS) is 11.7. The number of aliphatic carboxylic acids is 2. The number of hydrogen-bond acceptors (Lipinski definition) is 8. The summed E-state index contributed by atoms with van der Waals surface area (Å²) in [7, 11) is 0. The van der Waals surface area contributed by atoms with Gasteiger partial charge in [0, 0.05) is 30.2 Å². The predicted octanol–water partition coefficient (Wildman–Crippen LogP) is 0.512. The number of rotatable bonds is 11. The fourth-order valence-corrected chi connectivity index (χ4v) is 4.07. The molecule has 34 heavy (non-hydrogen) atoms. The molecule has 188 valence electrons. The molecule has 7 N–H and O–H groups in total. The Balaban J connectivity index is 0.0000109. The molecular weight excluding hydrogens is 528 g/mol. The molecule has 0 aliphatic carbocycles. The Morgan fingerprint density at radius 2 is 1.50 bits per heavy atom. The maximum atomic E-state index is 12.0. The van der Waals surface area contributed by atoms with Crippen LogP contribution < -0.4 is 20.3 Å². The van der Waals surface area contributed by atoms with Gasteiger partial charge in [-0.2, -0.15) is 0 Å². The molecule has 12 nitrogen and oxygen atoms in total. The molecule has 1 rings (SSSR count). The third-order valence-electron chi connectivity index (χ3n) is 3.73. The van der Waals surface area contributed by atoms with Crippen LogP contribution in [-0.4, -0.2) is 73.4 Å². The van der Waals surface area contributed by atoms with Gasteiger partial charge in [-0.25, -0.2) is 9.59 Å². The van der Waals surface area contributed by atoms with Gasteiger partial charge in [0.2, 0.25) is 11.8 Å². The topological polar surface area (TPSA) is 197 Å². The number of carboxylic acids is 2. The van der Waals surface area contributed by atoms with Crippen molar-refractivity contribution in [1.82, 2.24) is 15.4 Å². The molecule has 0 aromatic heterocycles. The lowest BCUT2D eigenvalue weighted by Gasteiger charge is -2.26. The van der Waals surface area contributed by atoms with E-state index in [4.69, 9.17) is 17.3 Å². The molecule has 0 bridgehead atoms. The second-order valence-electron chi connectivity index (χ2n) is 6.37. The van der Waals surface area contributed by atoms with Gasteiger partial charge in [0.1, 0.15) is 16.4 Å². The highest BCUT2D eigenvalue weighted by atomic mass is 32.2. The minimum Gasteiger partial charge on any atom is -0.480 e. The molecule has 0 fully saturated rings. The van der Waals surface area contributed by atoms with E-state index in [9.17, 15) is 29.1 Å². The Kier molecular flexibility index (Phi) is 14.2. The highest BCUT2D eigenvalue weighted by Gasteiger charge is 2.24. The lowest BCUT2D eigenvalue weighted by molar-refractivity contribution is -0.141. The number of nitrogens with one attached hydrogen (secondary N) is 3. The van der Waals surface area contributed by atoms with Gasteiger partial charge in [0.15, 0.2) is 0 Å². The summed E-state index contributed by atoms with van der Waals surface area (Å²) >= 11 is 10.9. The van der Waals surface area contributed by atoms with Crippen molar-refractivity contribution in [3.05, 3.63) is 24.3 Å². The molecule has 2 atom stereocenters. The molecule has 0 aliphatic rings. The van der Waals surface area contributed by atoms with Crippen LogP contribution >= 0.6 is 48.6 Å². The van der Waals surface area contributed by atoms with Gasteiger partial charge in [-0.15, -0.1) is 12.6 Å². The SMILES string of the molecule is CC(=O)NC(CSC(=O)NSc1ccc(N(CC(NC(C)=O)C(=O)O)C(=S)S)cc1)C(=O)O.O. The summed E-state index contributed by atoms with van der Waals surface area (Å²) in [5.74, 6) is -3.63. The minimum atomic E-state index is -1.25. The molecule has 0 radical (unpaired) electrons. The number of amides is 3. The molecule has 0 saturated carbocycles. The molecule has 1 aromatic carbocycles. The quantitative estimate of drug-likeness (QED) is 0.127.